The van der Waals surface area contributed by atoms with Gasteiger partial charge in [-0.3, -0.25) is 0 Å². The fourth-order valence-electron chi connectivity index (χ4n) is 10.9. The Hall–Kier alpha value is -8.66. The highest BCUT2D eigenvalue weighted by Crippen LogP contribution is 2.39. The van der Waals surface area contributed by atoms with Crippen LogP contribution in [0.1, 0.15) is 66.8 Å². The lowest BCUT2D eigenvalue weighted by atomic mass is 9.97. The molecular weight excluding hydrogens is 1000 g/mol. The third kappa shape index (κ3) is 14.2. The van der Waals surface area contributed by atoms with E-state index in [0.717, 1.165) is 168 Å². The molecule has 29 rings (SSSR count). The number of nitrogens with one attached hydrogen (secondary N) is 3. The topological polar surface area (TPSA) is 91.5 Å². The molecule has 18 bridgehead atoms. The monoisotopic (exact) mass is 1080 g/mol. The van der Waals surface area contributed by atoms with Crippen LogP contribution in [0.2, 0.25) is 0 Å². The summed E-state index contributed by atoms with van der Waals surface area (Å²) in [6, 6.07) is 65.5. The second-order valence-corrected chi connectivity index (χ2v) is 20.9. The maximum absolute atomic E-state index is 5.99. The molecule has 0 aromatic heterocycles. The van der Waals surface area contributed by atoms with Gasteiger partial charge in [-0.15, -0.1) is 0 Å². The van der Waals surface area contributed by atoms with Gasteiger partial charge in [-0.25, -0.2) is 0 Å². The van der Waals surface area contributed by atoms with Gasteiger partial charge in [-0.05, 0) is 190 Å². The molecule has 20 aliphatic heterocycles. The zero-order valence-corrected chi connectivity index (χ0v) is 47.8. The van der Waals surface area contributed by atoms with Crippen molar-refractivity contribution in [3.05, 3.63) is 249 Å². The van der Waals surface area contributed by atoms with Crippen LogP contribution >= 0.6 is 0 Å². The number of ether oxygens (including phenoxy) is 6. The number of rotatable bonds is 6. The molecule has 414 valence electrons. The summed E-state index contributed by atoms with van der Waals surface area (Å²) in [7, 11) is 10.5. The van der Waals surface area contributed by atoms with Gasteiger partial charge >= 0.3 is 0 Å². The van der Waals surface area contributed by atoms with Crippen LogP contribution in [-0.2, 0) is 77.5 Å². The van der Waals surface area contributed by atoms with Crippen LogP contribution in [0.25, 0.3) is 22.3 Å². The quantitative estimate of drug-likeness (QED) is 0.151. The van der Waals surface area contributed by atoms with E-state index >= 15 is 0 Å². The molecule has 3 N–H and O–H groups in total. The first-order chi connectivity index (χ1) is 39.8. The number of hydrogen-bond donors (Lipinski definition) is 3. The Bertz CT molecular complexity index is 3250. The van der Waals surface area contributed by atoms with Crippen molar-refractivity contribution < 1.29 is 28.4 Å². The number of methoxy groups -OCH3 is 6. The maximum atomic E-state index is 5.99. The van der Waals surface area contributed by atoms with Crippen molar-refractivity contribution >= 4 is 11.4 Å². The molecule has 9 aromatic rings. The first kappa shape index (κ1) is 55.6. The molecular formula is C72H75N3O6. The highest BCUT2D eigenvalue weighted by atomic mass is 16.5. The van der Waals surface area contributed by atoms with Crippen LogP contribution in [-0.4, -0.2) is 42.7 Å². The summed E-state index contributed by atoms with van der Waals surface area (Å²) in [5.41, 5.74) is 20.8. The average molecular weight is 1080 g/mol. The van der Waals surface area contributed by atoms with E-state index in [1.165, 1.54) is 44.5 Å². The van der Waals surface area contributed by atoms with Crippen molar-refractivity contribution in [2.45, 2.75) is 77.5 Å². The molecule has 9 aromatic carbocycles. The van der Waals surface area contributed by atoms with Gasteiger partial charge in [0.05, 0.1) is 42.7 Å². The highest BCUT2D eigenvalue weighted by Gasteiger charge is 2.17. The second-order valence-electron chi connectivity index (χ2n) is 20.9. The van der Waals surface area contributed by atoms with Crippen LogP contribution in [0, 0.1) is 0 Å². The number of anilines is 2. The van der Waals surface area contributed by atoms with E-state index in [-0.39, 0.29) is 0 Å². The van der Waals surface area contributed by atoms with Crippen molar-refractivity contribution in [2.24, 2.45) is 0 Å². The predicted molar refractivity (Wildman–Crippen MR) is 330 cm³/mol. The fourth-order valence-corrected chi connectivity index (χ4v) is 10.9. The lowest BCUT2D eigenvalue weighted by Gasteiger charge is -2.16. The van der Waals surface area contributed by atoms with Gasteiger partial charge in [0.1, 0.15) is 34.5 Å². The Morgan fingerprint density at radius 3 is 0.802 bits per heavy atom. The third-order valence-electron chi connectivity index (χ3n) is 15.8. The zero-order valence-electron chi connectivity index (χ0n) is 47.8. The summed E-state index contributed by atoms with van der Waals surface area (Å²) < 4.78 is 35.9. The molecule has 20 aliphatic rings. The Morgan fingerprint density at radius 1 is 0.247 bits per heavy atom. The molecule has 0 atom stereocenters. The number of benzene rings is 9. The van der Waals surface area contributed by atoms with Crippen molar-refractivity contribution in [3.63, 3.8) is 0 Å². The predicted octanol–water partition coefficient (Wildman–Crippen LogP) is 15.0. The van der Waals surface area contributed by atoms with E-state index in [1.807, 2.05) is 0 Å². The molecule has 0 unspecified atom stereocenters. The van der Waals surface area contributed by atoms with Crippen LogP contribution < -0.4 is 44.4 Å². The largest absolute Gasteiger partial charge is 0.496 e. The summed E-state index contributed by atoms with van der Waals surface area (Å²) in [4.78, 5) is 0. The first-order valence-electron chi connectivity index (χ1n) is 28.2. The van der Waals surface area contributed by atoms with Gasteiger partial charge in [-0.1, -0.05) is 121 Å². The normalized spacial score (nSPS) is 13.4. The molecule has 81 heavy (non-hydrogen) atoms. The van der Waals surface area contributed by atoms with E-state index in [1.54, 1.807) is 42.7 Å². The van der Waals surface area contributed by atoms with Gasteiger partial charge in [0.2, 0.25) is 0 Å². The van der Waals surface area contributed by atoms with Gasteiger partial charge in [-0.2, -0.15) is 0 Å². The van der Waals surface area contributed by atoms with Gasteiger partial charge in [0, 0.05) is 48.7 Å². The molecule has 0 amide bonds. The maximum Gasteiger partial charge on any atom is 0.127 e. The van der Waals surface area contributed by atoms with E-state index < -0.39 is 0 Å². The summed E-state index contributed by atoms with van der Waals surface area (Å²) in [6.07, 6.45) is 6.86. The van der Waals surface area contributed by atoms with E-state index in [9.17, 15) is 0 Å². The van der Waals surface area contributed by atoms with E-state index in [2.05, 4.69) is 198 Å². The summed E-state index contributed by atoms with van der Waals surface area (Å²) in [5.74, 6) is 5.17. The Kier molecular flexibility index (Phi) is 18.5. The molecule has 0 aliphatic carbocycles. The van der Waals surface area contributed by atoms with Gasteiger partial charge < -0.3 is 44.4 Å². The molecule has 9 heteroatoms. The molecule has 20 heterocycles. The average Bonchev–Trinajstić information content (AvgIpc) is 3.53. The zero-order chi connectivity index (χ0) is 55.9. The summed E-state index contributed by atoms with van der Waals surface area (Å²) in [6.45, 7) is 2.95. The molecule has 0 fully saturated rings. The van der Waals surface area contributed by atoms with E-state index in [0.29, 0.717) is 0 Å². The Morgan fingerprint density at radius 2 is 0.494 bits per heavy atom. The second kappa shape index (κ2) is 27.0. The Labute approximate surface area is 479 Å². The molecule has 0 radical (unpaired) electrons. The molecule has 9 nitrogen and oxygen atoms in total. The van der Waals surface area contributed by atoms with Crippen LogP contribution in [0.5, 0.6) is 34.5 Å². The van der Waals surface area contributed by atoms with Crippen molar-refractivity contribution in [2.75, 3.05) is 53.3 Å². The molecule has 0 saturated carbocycles. The number of hydrogen-bond acceptors (Lipinski definition) is 9. The van der Waals surface area contributed by atoms with E-state index in [4.69, 9.17) is 28.4 Å². The fraction of sp³-hybridized carbons (Fsp3) is 0.250. The Balaban J connectivity index is 0.841. The number of aryl methyl sites for hydroxylation is 8. The highest BCUT2D eigenvalue weighted by molar-refractivity contribution is 5.75. The van der Waals surface area contributed by atoms with Gasteiger partial charge in [0.25, 0.3) is 0 Å². The van der Waals surface area contributed by atoms with Crippen molar-refractivity contribution in [1.29, 1.82) is 0 Å². The molecule has 0 spiro atoms. The van der Waals surface area contributed by atoms with Crippen LogP contribution in [0.3, 0.4) is 0 Å². The smallest absolute Gasteiger partial charge is 0.127 e. The minimum atomic E-state index is 0.735. The standard InChI is InChI=1S/C72H75N3O6/c1-76-67-39-60-32-16-50-9-13-56(14-10-50)48-75-64-37-25-52(26-38-64)18-34-62-42-72(81-6)66(44-70(62)79-4)58-29-21-54(22-30-58)46-73-45-53-19-27-57(28-20-53)65-43-69(78-3)61(41-71(65)80-5)33-17-51-23-35-63(36-24-51)74-47-55-11-7-49(8-12-55)15-31-59(67)40-68(60)77-2/h7-14,19-30,35-44,73-75H,15-18,31-34,45-48H2,1-6H3. The minimum absolute atomic E-state index is 0.735. The van der Waals surface area contributed by atoms with Crippen molar-refractivity contribution in [3.8, 4) is 56.8 Å². The summed E-state index contributed by atoms with van der Waals surface area (Å²) in [5, 5.41) is 10.9. The van der Waals surface area contributed by atoms with Crippen molar-refractivity contribution in [1.82, 2.24) is 5.32 Å². The SMILES string of the molecule is COc1cc2c(OC)cc1CCc1ccc(cc1)CNc1ccc(cc1)CCc1cc(OC)c(cc1OC)-c1ccc(cc1)CNCc1ccc(cc1)-c1cc(OC)c(cc1OC)CCc1ccc(cc1)NCc1ccc(cc1)CC2. The molecule has 0 saturated heterocycles. The van der Waals surface area contributed by atoms with Crippen LogP contribution in [0.4, 0.5) is 11.4 Å². The van der Waals surface area contributed by atoms with Gasteiger partial charge in [0.15, 0.2) is 0 Å². The van der Waals surface area contributed by atoms with Crippen LogP contribution in [0.15, 0.2) is 182 Å². The first-order valence-corrected chi connectivity index (χ1v) is 28.2. The summed E-state index contributed by atoms with van der Waals surface area (Å²) >= 11 is 0. The lowest BCUT2D eigenvalue weighted by molar-refractivity contribution is 0.394. The minimum Gasteiger partial charge on any atom is -0.496 e. The lowest BCUT2D eigenvalue weighted by Crippen LogP contribution is -2.12. The third-order valence-corrected chi connectivity index (χ3v) is 15.8.